The smallest absolute Gasteiger partial charge is 0.243 e. The van der Waals surface area contributed by atoms with Crippen LogP contribution in [-0.2, 0) is 16.0 Å². The fraction of sp³-hybridized carbons (Fsp3) is 0.600. The number of likely N-dealkylation sites (N-methyl/N-ethyl adjacent to an activating group) is 1. The van der Waals surface area contributed by atoms with E-state index in [1.54, 1.807) is 19.0 Å². The van der Waals surface area contributed by atoms with Gasteiger partial charge in [-0.1, -0.05) is 31.2 Å². The quantitative estimate of drug-likeness (QED) is 0.352. The maximum absolute atomic E-state index is 11.9. The summed E-state index contributed by atoms with van der Waals surface area (Å²) < 4.78 is 5.66. The zero-order chi connectivity index (χ0) is 18.9. The molecule has 1 aromatic carbocycles. The molecule has 1 aliphatic rings. The number of nitrogens with one attached hydrogen (secondary N) is 2. The van der Waals surface area contributed by atoms with Crippen LogP contribution < -0.4 is 10.6 Å². The molecule has 2 rings (SSSR count). The molecule has 1 fully saturated rings. The third-order valence-corrected chi connectivity index (χ3v) is 4.63. The molecule has 0 aliphatic carbocycles. The van der Waals surface area contributed by atoms with Crippen LogP contribution in [0.15, 0.2) is 29.3 Å². The molecule has 0 radical (unpaired) electrons. The van der Waals surface area contributed by atoms with Gasteiger partial charge in [-0.25, -0.2) is 4.99 Å². The number of hydrogen-bond donors (Lipinski definition) is 2. The lowest BCUT2D eigenvalue weighted by Crippen LogP contribution is -2.42. The molecule has 1 aliphatic heterocycles. The van der Waals surface area contributed by atoms with Gasteiger partial charge in [-0.15, -0.1) is 24.0 Å². The Bertz CT molecular complexity index is 599. The number of hydrogen-bond acceptors (Lipinski definition) is 3. The van der Waals surface area contributed by atoms with Crippen molar-refractivity contribution < 1.29 is 9.53 Å². The summed E-state index contributed by atoms with van der Waals surface area (Å²) in [7, 11) is 3.48. The second-order valence-electron chi connectivity index (χ2n) is 6.93. The van der Waals surface area contributed by atoms with Gasteiger partial charge in [-0.3, -0.25) is 4.79 Å². The fourth-order valence-electron chi connectivity index (χ4n) is 2.79. The first kappa shape index (κ1) is 23.7. The Labute approximate surface area is 180 Å². The Morgan fingerprint density at radius 3 is 2.59 bits per heavy atom. The van der Waals surface area contributed by atoms with Gasteiger partial charge in [0.1, 0.15) is 6.54 Å². The lowest BCUT2D eigenvalue weighted by Gasteiger charge is -2.20. The molecule has 2 unspecified atom stereocenters. The number of nitrogens with zero attached hydrogens (tertiary/aromatic N) is 2. The van der Waals surface area contributed by atoms with Gasteiger partial charge in [-0.2, -0.15) is 0 Å². The molecule has 1 amide bonds. The number of ether oxygens (including phenoxy) is 1. The van der Waals surface area contributed by atoms with E-state index < -0.39 is 0 Å². The van der Waals surface area contributed by atoms with Crippen molar-refractivity contribution in [2.75, 3.05) is 33.8 Å². The Kier molecular flexibility index (Phi) is 10.7. The van der Waals surface area contributed by atoms with Crippen molar-refractivity contribution in [3.8, 4) is 0 Å². The van der Waals surface area contributed by atoms with Crippen LogP contribution in [0.2, 0.25) is 0 Å². The highest BCUT2D eigenvalue weighted by Gasteiger charge is 2.17. The minimum atomic E-state index is -0.0248. The van der Waals surface area contributed by atoms with E-state index in [-0.39, 0.29) is 48.6 Å². The minimum absolute atomic E-state index is 0. The topological polar surface area (TPSA) is 66.0 Å². The van der Waals surface area contributed by atoms with Crippen LogP contribution in [0.4, 0.5) is 0 Å². The van der Waals surface area contributed by atoms with Crippen molar-refractivity contribution in [3.63, 3.8) is 0 Å². The van der Waals surface area contributed by atoms with Crippen molar-refractivity contribution in [1.82, 2.24) is 15.5 Å². The molecule has 0 bridgehead atoms. The summed E-state index contributed by atoms with van der Waals surface area (Å²) in [4.78, 5) is 17.9. The molecule has 7 heteroatoms. The summed E-state index contributed by atoms with van der Waals surface area (Å²) in [6.07, 6.45) is 3.41. The molecule has 27 heavy (non-hydrogen) atoms. The predicted octanol–water partition coefficient (Wildman–Crippen LogP) is 2.73. The van der Waals surface area contributed by atoms with E-state index in [9.17, 15) is 4.79 Å². The first-order valence-electron chi connectivity index (χ1n) is 9.45. The molecule has 0 aromatic heterocycles. The first-order chi connectivity index (χ1) is 12.5. The summed E-state index contributed by atoms with van der Waals surface area (Å²) in [5.41, 5.74) is 2.51. The Hall–Kier alpha value is -1.35. The van der Waals surface area contributed by atoms with Gasteiger partial charge >= 0.3 is 0 Å². The van der Waals surface area contributed by atoms with E-state index in [2.05, 4.69) is 53.7 Å². The number of benzene rings is 1. The molecular formula is C20H33IN4O2. The van der Waals surface area contributed by atoms with Crippen LogP contribution in [0.5, 0.6) is 0 Å². The number of amides is 1. The predicted molar refractivity (Wildman–Crippen MR) is 121 cm³/mol. The Morgan fingerprint density at radius 1 is 1.33 bits per heavy atom. The van der Waals surface area contributed by atoms with Gasteiger partial charge < -0.3 is 20.3 Å². The molecule has 0 saturated carbocycles. The van der Waals surface area contributed by atoms with Crippen molar-refractivity contribution in [1.29, 1.82) is 0 Å². The lowest BCUT2D eigenvalue weighted by molar-refractivity contribution is -0.127. The van der Waals surface area contributed by atoms with Gasteiger partial charge in [0.2, 0.25) is 5.91 Å². The fourth-order valence-corrected chi connectivity index (χ4v) is 2.79. The lowest BCUT2D eigenvalue weighted by atomic mass is 10.1. The molecule has 1 aromatic rings. The Morgan fingerprint density at radius 2 is 2.04 bits per heavy atom. The minimum Gasteiger partial charge on any atom is -0.376 e. The highest BCUT2D eigenvalue weighted by atomic mass is 127. The molecule has 1 heterocycles. The summed E-state index contributed by atoms with van der Waals surface area (Å²) in [6, 6.07) is 8.67. The molecule has 1 saturated heterocycles. The van der Waals surface area contributed by atoms with Crippen LogP contribution >= 0.6 is 24.0 Å². The zero-order valence-electron chi connectivity index (χ0n) is 16.8. The van der Waals surface area contributed by atoms with Crippen LogP contribution in [0.3, 0.4) is 0 Å². The molecule has 0 spiro atoms. The van der Waals surface area contributed by atoms with Crippen molar-refractivity contribution in [2.45, 2.75) is 45.3 Å². The highest BCUT2D eigenvalue weighted by Crippen LogP contribution is 2.14. The van der Waals surface area contributed by atoms with Crippen molar-refractivity contribution in [3.05, 3.63) is 35.4 Å². The summed E-state index contributed by atoms with van der Waals surface area (Å²) in [5, 5.41) is 6.72. The summed E-state index contributed by atoms with van der Waals surface area (Å²) >= 11 is 0. The zero-order valence-corrected chi connectivity index (χ0v) is 19.2. The molecule has 2 atom stereocenters. The number of rotatable bonds is 7. The van der Waals surface area contributed by atoms with E-state index in [0.29, 0.717) is 12.5 Å². The van der Waals surface area contributed by atoms with E-state index >= 15 is 0 Å². The van der Waals surface area contributed by atoms with Crippen LogP contribution in [-0.4, -0.2) is 56.7 Å². The second-order valence-corrected chi connectivity index (χ2v) is 6.93. The van der Waals surface area contributed by atoms with Crippen molar-refractivity contribution >= 4 is 35.8 Å². The van der Waals surface area contributed by atoms with E-state index in [0.717, 1.165) is 25.9 Å². The second kappa shape index (κ2) is 12.2. The maximum Gasteiger partial charge on any atom is 0.243 e. The van der Waals surface area contributed by atoms with Gasteiger partial charge in [0.05, 0.1) is 12.1 Å². The van der Waals surface area contributed by atoms with Crippen LogP contribution in [0.25, 0.3) is 0 Å². The average Bonchev–Trinajstić information content (AvgIpc) is 3.17. The number of carbonyl (C=O) groups excluding carboxylic acids is 1. The number of halogens is 1. The number of aryl methyl sites for hydroxylation is 1. The van der Waals surface area contributed by atoms with Crippen LogP contribution in [0, 0.1) is 0 Å². The molecule has 6 nitrogen and oxygen atoms in total. The van der Waals surface area contributed by atoms with Crippen LogP contribution in [0.1, 0.15) is 43.9 Å². The summed E-state index contributed by atoms with van der Waals surface area (Å²) in [5.74, 6) is 0.617. The van der Waals surface area contributed by atoms with E-state index in [1.807, 2.05) is 0 Å². The third kappa shape index (κ3) is 8.04. The SMILES string of the molecule is CCc1ccc(C(C)NC(=NCC(=O)N(C)C)NCC2CCCO2)cc1.I. The largest absolute Gasteiger partial charge is 0.376 e. The molecular weight excluding hydrogens is 455 g/mol. The normalized spacial score (nSPS) is 17.8. The number of guanidine groups is 1. The van der Waals surface area contributed by atoms with Gasteiger partial charge in [0.25, 0.3) is 0 Å². The van der Waals surface area contributed by atoms with E-state index in [1.165, 1.54) is 11.1 Å². The van der Waals surface area contributed by atoms with E-state index in [4.69, 9.17) is 4.74 Å². The maximum atomic E-state index is 11.9. The molecule has 152 valence electrons. The average molecular weight is 488 g/mol. The number of carbonyl (C=O) groups is 1. The third-order valence-electron chi connectivity index (χ3n) is 4.63. The monoisotopic (exact) mass is 488 g/mol. The van der Waals surface area contributed by atoms with Crippen molar-refractivity contribution in [2.24, 2.45) is 4.99 Å². The highest BCUT2D eigenvalue weighted by molar-refractivity contribution is 14.0. The van der Waals surface area contributed by atoms with Gasteiger partial charge in [0.15, 0.2) is 5.96 Å². The van der Waals surface area contributed by atoms with Gasteiger partial charge in [-0.05, 0) is 37.3 Å². The Balaban J connectivity index is 0.00000364. The standard InChI is InChI=1S/C20H32N4O2.HI/c1-5-16-8-10-17(11-9-16)15(2)23-20(22-14-19(25)24(3)4)21-13-18-7-6-12-26-18;/h8-11,15,18H,5-7,12-14H2,1-4H3,(H2,21,22,23);1H. The molecule has 2 N–H and O–H groups in total. The van der Waals surface area contributed by atoms with Gasteiger partial charge in [0, 0.05) is 27.2 Å². The number of aliphatic imine (C=N–C) groups is 1. The first-order valence-corrected chi connectivity index (χ1v) is 9.45. The summed E-state index contributed by atoms with van der Waals surface area (Å²) in [6.45, 7) is 5.89.